The first-order valence-electron chi connectivity index (χ1n) is 7.86. The van der Waals surface area contributed by atoms with Crippen molar-refractivity contribution in [2.75, 3.05) is 0 Å². The van der Waals surface area contributed by atoms with E-state index in [1.165, 1.54) is 50.5 Å². The van der Waals surface area contributed by atoms with Gasteiger partial charge in [0.2, 0.25) is 0 Å². The Balaban J connectivity index is 2.26. The summed E-state index contributed by atoms with van der Waals surface area (Å²) < 4.78 is 0. The molecule has 0 aromatic carbocycles. The molecule has 2 aliphatic rings. The molecule has 0 aliphatic heterocycles. The lowest BCUT2D eigenvalue weighted by Gasteiger charge is -2.48. The van der Waals surface area contributed by atoms with E-state index < -0.39 is 5.60 Å². The van der Waals surface area contributed by atoms with Crippen molar-refractivity contribution in [2.45, 2.75) is 84.2 Å². The van der Waals surface area contributed by atoms with E-state index in [0.717, 1.165) is 12.8 Å². The Morgan fingerprint density at radius 2 is 1.89 bits per heavy atom. The van der Waals surface area contributed by atoms with Crippen molar-refractivity contribution in [1.82, 2.24) is 0 Å². The molecule has 2 atom stereocenters. The fraction of sp³-hybridized carbons (Fsp3) is 0.882. The minimum Gasteiger partial charge on any atom is -0.385 e. The van der Waals surface area contributed by atoms with Gasteiger partial charge in [-0.2, -0.15) is 0 Å². The van der Waals surface area contributed by atoms with Crippen molar-refractivity contribution in [3.8, 4) is 0 Å². The molecule has 104 valence electrons. The van der Waals surface area contributed by atoms with Crippen LogP contribution in [0, 0.1) is 11.3 Å². The lowest BCUT2D eigenvalue weighted by molar-refractivity contribution is -0.0634. The minimum absolute atomic E-state index is 0.211. The topological polar surface area (TPSA) is 20.2 Å². The summed E-state index contributed by atoms with van der Waals surface area (Å²) >= 11 is 0. The fourth-order valence-electron chi connectivity index (χ4n) is 4.10. The molecule has 0 bridgehead atoms. The van der Waals surface area contributed by atoms with E-state index in [0.29, 0.717) is 5.92 Å². The van der Waals surface area contributed by atoms with Crippen LogP contribution in [0.5, 0.6) is 0 Å². The Hall–Kier alpha value is -0.300. The molecular formula is C17H30O. The second-order valence-corrected chi connectivity index (χ2v) is 7.42. The van der Waals surface area contributed by atoms with Gasteiger partial charge in [-0.3, -0.25) is 0 Å². The number of rotatable bonds is 1. The monoisotopic (exact) mass is 250 g/mol. The Morgan fingerprint density at radius 3 is 2.61 bits per heavy atom. The molecular weight excluding hydrogens is 220 g/mol. The molecule has 1 N–H and O–H groups in total. The normalized spacial score (nSPS) is 34.9. The maximum Gasteiger partial charge on any atom is 0.0889 e. The second-order valence-electron chi connectivity index (χ2n) is 7.42. The summed E-state index contributed by atoms with van der Waals surface area (Å²) in [5, 5.41) is 11.3. The third-order valence-electron chi connectivity index (χ3n) is 5.02. The van der Waals surface area contributed by atoms with Crippen LogP contribution in [0.15, 0.2) is 11.6 Å². The Kier molecular flexibility index (Phi) is 4.21. The van der Waals surface area contributed by atoms with Crippen LogP contribution in [0.1, 0.15) is 78.6 Å². The lowest BCUT2D eigenvalue weighted by atomic mass is 9.61. The largest absolute Gasteiger partial charge is 0.385 e. The average Bonchev–Trinajstić information content (AvgIpc) is 2.56. The van der Waals surface area contributed by atoms with Crippen LogP contribution in [0.2, 0.25) is 0 Å². The van der Waals surface area contributed by atoms with Crippen LogP contribution in [0.25, 0.3) is 0 Å². The zero-order valence-electron chi connectivity index (χ0n) is 12.5. The standard InChI is InChI=1S/C17H30O/c1-16(2,3)15-12-8-9-13-17(15,18)14-10-6-4-5-7-11-14/h10,15,18H,4-9,11-13H2,1-3H3. The first kappa shape index (κ1) is 14.1. The third-order valence-corrected chi connectivity index (χ3v) is 5.02. The predicted octanol–water partition coefficient (Wildman–Crippen LogP) is 4.84. The Labute approximate surface area is 113 Å². The smallest absolute Gasteiger partial charge is 0.0889 e. The molecule has 0 heterocycles. The van der Waals surface area contributed by atoms with Gasteiger partial charge < -0.3 is 5.11 Å². The third kappa shape index (κ3) is 2.82. The quantitative estimate of drug-likeness (QED) is 0.660. The van der Waals surface area contributed by atoms with Crippen molar-refractivity contribution < 1.29 is 5.11 Å². The van der Waals surface area contributed by atoms with Gasteiger partial charge in [0.05, 0.1) is 5.60 Å². The van der Waals surface area contributed by atoms with Crippen LogP contribution in [-0.2, 0) is 0 Å². The summed E-state index contributed by atoms with van der Waals surface area (Å²) in [5.74, 6) is 0.433. The molecule has 0 spiro atoms. The summed E-state index contributed by atoms with van der Waals surface area (Å²) in [5.41, 5.74) is 1.09. The molecule has 18 heavy (non-hydrogen) atoms. The second kappa shape index (κ2) is 5.36. The summed E-state index contributed by atoms with van der Waals surface area (Å²) in [6, 6.07) is 0. The number of allylic oxidation sites excluding steroid dienone is 1. The van der Waals surface area contributed by atoms with Crippen molar-refractivity contribution in [1.29, 1.82) is 0 Å². The number of hydrogen-bond donors (Lipinski definition) is 1. The molecule has 1 fully saturated rings. The molecule has 0 radical (unpaired) electrons. The maximum atomic E-state index is 11.3. The first-order valence-corrected chi connectivity index (χ1v) is 7.86. The van der Waals surface area contributed by atoms with Gasteiger partial charge in [-0.25, -0.2) is 0 Å². The Bertz CT molecular complexity index is 310. The van der Waals surface area contributed by atoms with Crippen LogP contribution < -0.4 is 0 Å². The molecule has 0 aromatic heterocycles. The van der Waals surface area contributed by atoms with Crippen LogP contribution >= 0.6 is 0 Å². The molecule has 2 aliphatic carbocycles. The fourth-order valence-corrected chi connectivity index (χ4v) is 4.10. The summed E-state index contributed by atoms with van der Waals surface area (Å²) in [6.07, 6.45) is 13.2. The van der Waals surface area contributed by atoms with Crippen molar-refractivity contribution in [3.05, 3.63) is 11.6 Å². The van der Waals surface area contributed by atoms with E-state index in [2.05, 4.69) is 26.8 Å². The molecule has 1 heteroatoms. The van der Waals surface area contributed by atoms with Gasteiger partial charge in [-0.15, -0.1) is 0 Å². The number of aliphatic hydroxyl groups is 1. The van der Waals surface area contributed by atoms with Gasteiger partial charge in [-0.05, 0) is 55.4 Å². The minimum atomic E-state index is -0.499. The van der Waals surface area contributed by atoms with Gasteiger partial charge in [-0.1, -0.05) is 46.1 Å². The van der Waals surface area contributed by atoms with Gasteiger partial charge in [0, 0.05) is 0 Å². The molecule has 0 saturated heterocycles. The van der Waals surface area contributed by atoms with Gasteiger partial charge >= 0.3 is 0 Å². The zero-order chi connectivity index (χ0) is 13.2. The van der Waals surface area contributed by atoms with Crippen molar-refractivity contribution in [3.63, 3.8) is 0 Å². The SMILES string of the molecule is CC(C)(C)C1CCCCC1(O)C1=CCCCCC1. The molecule has 1 nitrogen and oxygen atoms in total. The molecule has 1 saturated carbocycles. The van der Waals surface area contributed by atoms with Crippen LogP contribution in [0.3, 0.4) is 0 Å². The van der Waals surface area contributed by atoms with E-state index in [1.807, 2.05) is 0 Å². The van der Waals surface area contributed by atoms with Crippen molar-refractivity contribution >= 4 is 0 Å². The molecule has 2 unspecified atom stereocenters. The molecule has 2 rings (SSSR count). The summed E-state index contributed by atoms with van der Waals surface area (Å²) in [7, 11) is 0. The summed E-state index contributed by atoms with van der Waals surface area (Å²) in [6.45, 7) is 6.89. The van der Waals surface area contributed by atoms with Crippen molar-refractivity contribution in [2.24, 2.45) is 11.3 Å². The lowest BCUT2D eigenvalue weighted by Crippen LogP contribution is -2.48. The highest BCUT2D eigenvalue weighted by atomic mass is 16.3. The Morgan fingerprint density at radius 1 is 1.11 bits per heavy atom. The first-order chi connectivity index (χ1) is 8.44. The molecule has 0 amide bonds. The van der Waals surface area contributed by atoms with E-state index in [1.54, 1.807) is 0 Å². The maximum absolute atomic E-state index is 11.3. The predicted molar refractivity (Wildman–Crippen MR) is 77.5 cm³/mol. The van der Waals surface area contributed by atoms with Crippen LogP contribution in [0.4, 0.5) is 0 Å². The van der Waals surface area contributed by atoms with Gasteiger partial charge in [0.1, 0.15) is 0 Å². The highest BCUT2D eigenvalue weighted by molar-refractivity contribution is 5.22. The highest BCUT2D eigenvalue weighted by Crippen LogP contribution is 2.49. The number of hydrogen-bond acceptors (Lipinski definition) is 1. The molecule has 0 aromatic rings. The average molecular weight is 250 g/mol. The van der Waals surface area contributed by atoms with E-state index in [9.17, 15) is 5.11 Å². The zero-order valence-corrected chi connectivity index (χ0v) is 12.5. The van der Waals surface area contributed by atoms with E-state index in [-0.39, 0.29) is 5.41 Å². The van der Waals surface area contributed by atoms with Gasteiger partial charge in [0.15, 0.2) is 0 Å². The highest BCUT2D eigenvalue weighted by Gasteiger charge is 2.46. The summed E-state index contributed by atoms with van der Waals surface area (Å²) in [4.78, 5) is 0. The van der Waals surface area contributed by atoms with Crippen LogP contribution in [-0.4, -0.2) is 10.7 Å². The van der Waals surface area contributed by atoms with E-state index >= 15 is 0 Å². The van der Waals surface area contributed by atoms with Gasteiger partial charge in [0.25, 0.3) is 0 Å². The van der Waals surface area contributed by atoms with E-state index in [4.69, 9.17) is 0 Å².